The molecule has 0 radical (unpaired) electrons. The van der Waals surface area contributed by atoms with Crippen molar-refractivity contribution in [1.29, 1.82) is 0 Å². The van der Waals surface area contributed by atoms with Gasteiger partial charge in [0.2, 0.25) is 0 Å². The number of hydrogen-bond donors (Lipinski definition) is 1. The summed E-state index contributed by atoms with van der Waals surface area (Å²) < 4.78 is 26.4. The van der Waals surface area contributed by atoms with E-state index in [1.807, 2.05) is 26.0 Å². The van der Waals surface area contributed by atoms with Gasteiger partial charge < -0.3 is 5.11 Å². The van der Waals surface area contributed by atoms with Crippen molar-refractivity contribution < 1.29 is 13.9 Å². The monoisotopic (exact) mass is 324 g/mol. The van der Waals surface area contributed by atoms with Crippen LogP contribution < -0.4 is 0 Å². The molecule has 0 aliphatic carbocycles. The summed E-state index contributed by atoms with van der Waals surface area (Å²) in [6.45, 7) is 4.00. The zero-order valence-corrected chi connectivity index (χ0v) is 13.6. The van der Waals surface area contributed by atoms with Gasteiger partial charge in [-0.15, -0.1) is 0 Å². The van der Waals surface area contributed by atoms with E-state index in [2.05, 4.69) is 0 Å². The van der Waals surface area contributed by atoms with Gasteiger partial charge in [-0.1, -0.05) is 38.1 Å². The zero-order chi connectivity index (χ0) is 17.3. The van der Waals surface area contributed by atoms with Crippen molar-refractivity contribution in [2.75, 3.05) is 0 Å². The number of phenolic OH excluding ortho intramolecular Hbond substituents is 1. The van der Waals surface area contributed by atoms with Crippen molar-refractivity contribution in [3.8, 4) is 28.0 Å². The van der Waals surface area contributed by atoms with E-state index in [4.69, 9.17) is 0 Å². The summed E-state index contributed by atoms with van der Waals surface area (Å²) in [6, 6.07) is 16.0. The first-order chi connectivity index (χ1) is 11.5. The molecule has 0 aliphatic heterocycles. The predicted molar refractivity (Wildman–Crippen MR) is 93.0 cm³/mol. The van der Waals surface area contributed by atoms with E-state index in [9.17, 15) is 13.9 Å². The third-order valence-corrected chi connectivity index (χ3v) is 4.09. The van der Waals surface area contributed by atoms with Crippen molar-refractivity contribution >= 4 is 0 Å². The number of aromatic hydroxyl groups is 1. The van der Waals surface area contributed by atoms with Gasteiger partial charge in [0.05, 0.1) is 0 Å². The highest BCUT2D eigenvalue weighted by atomic mass is 19.1. The van der Waals surface area contributed by atoms with Crippen molar-refractivity contribution in [2.24, 2.45) is 0 Å². The highest BCUT2D eigenvalue weighted by molar-refractivity contribution is 5.79. The van der Waals surface area contributed by atoms with Crippen LogP contribution in [0.5, 0.6) is 5.75 Å². The van der Waals surface area contributed by atoms with E-state index in [-0.39, 0.29) is 23.3 Å². The number of phenols is 1. The Bertz CT molecular complexity index is 850. The SMILES string of the molecule is CC(C)c1cc(-c2ccc(F)cc2)cc(-c2ccc(F)cc2)c1O. The lowest BCUT2D eigenvalue weighted by Crippen LogP contribution is -1.93. The lowest BCUT2D eigenvalue weighted by Gasteiger charge is -2.16. The third kappa shape index (κ3) is 3.16. The molecule has 0 saturated carbocycles. The molecule has 0 bridgehead atoms. The average molecular weight is 324 g/mol. The number of halogens is 2. The van der Waals surface area contributed by atoms with Crippen LogP contribution in [0.15, 0.2) is 60.7 Å². The molecule has 0 aliphatic rings. The molecule has 3 rings (SSSR count). The highest BCUT2D eigenvalue weighted by Gasteiger charge is 2.15. The van der Waals surface area contributed by atoms with Crippen LogP contribution in [0.3, 0.4) is 0 Å². The van der Waals surface area contributed by atoms with E-state index in [1.165, 1.54) is 24.3 Å². The first-order valence-corrected chi connectivity index (χ1v) is 7.84. The molecule has 0 unspecified atom stereocenters. The summed E-state index contributed by atoms with van der Waals surface area (Å²) in [5.41, 5.74) is 3.92. The molecule has 1 nitrogen and oxygen atoms in total. The summed E-state index contributed by atoms with van der Waals surface area (Å²) in [7, 11) is 0. The molecule has 0 aromatic heterocycles. The zero-order valence-electron chi connectivity index (χ0n) is 13.6. The second kappa shape index (κ2) is 6.44. The molecule has 0 atom stereocenters. The van der Waals surface area contributed by atoms with E-state index in [0.29, 0.717) is 5.56 Å². The van der Waals surface area contributed by atoms with Gasteiger partial charge in [-0.3, -0.25) is 0 Å². The van der Waals surface area contributed by atoms with Gasteiger partial charge in [-0.05, 0) is 64.6 Å². The van der Waals surface area contributed by atoms with Crippen molar-refractivity contribution in [3.63, 3.8) is 0 Å². The minimum atomic E-state index is -0.322. The van der Waals surface area contributed by atoms with Gasteiger partial charge in [0.25, 0.3) is 0 Å². The van der Waals surface area contributed by atoms with Crippen LogP contribution >= 0.6 is 0 Å². The van der Waals surface area contributed by atoms with Gasteiger partial charge in [-0.2, -0.15) is 0 Å². The standard InChI is InChI=1S/C21H18F2O/c1-13(2)19-11-16(14-3-7-17(22)8-4-14)12-20(21(19)24)15-5-9-18(23)10-6-15/h3-13,24H,1-2H3. The van der Waals surface area contributed by atoms with Crippen LogP contribution in [0, 0.1) is 11.6 Å². The molecule has 3 aromatic carbocycles. The van der Waals surface area contributed by atoms with Crippen molar-refractivity contribution in [2.45, 2.75) is 19.8 Å². The van der Waals surface area contributed by atoms with E-state index < -0.39 is 0 Å². The molecule has 122 valence electrons. The molecule has 0 saturated heterocycles. The molecule has 3 heteroatoms. The predicted octanol–water partition coefficient (Wildman–Crippen LogP) is 6.13. The normalized spacial score (nSPS) is 11.0. The smallest absolute Gasteiger partial charge is 0.126 e. The Morgan fingerprint density at radius 2 is 1.21 bits per heavy atom. The van der Waals surface area contributed by atoms with E-state index in [1.54, 1.807) is 24.3 Å². The first kappa shape index (κ1) is 16.2. The van der Waals surface area contributed by atoms with Crippen molar-refractivity contribution in [3.05, 3.63) is 77.9 Å². The van der Waals surface area contributed by atoms with Crippen LogP contribution in [-0.4, -0.2) is 5.11 Å². The number of rotatable bonds is 3. The Morgan fingerprint density at radius 1 is 0.708 bits per heavy atom. The molecular formula is C21H18F2O. The fourth-order valence-corrected chi connectivity index (χ4v) is 2.76. The molecule has 0 spiro atoms. The Hall–Kier alpha value is -2.68. The second-order valence-corrected chi connectivity index (χ2v) is 6.13. The topological polar surface area (TPSA) is 20.2 Å². The van der Waals surface area contributed by atoms with Gasteiger partial charge in [0.1, 0.15) is 17.4 Å². The summed E-state index contributed by atoms with van der Waals surface area (Å²) in [5.74, 6) is -0.301. The molecule has 0 fully saturated rings. The van der Waals surface area contributed by atoms with E-state index in [0.717, 1.165) is 22.3 Å². The van der Waals surface area contributed by atoms with Crippen LogP contribution in [0.25, 0.3) is 22.3 Å². The summed E-state index contributed by atoms with van der Waals surface area (Å²) in [5, 5.41) is 10.6. The lowest BCUT2D eigenvalue weighted by molar-refractivity contribution is 0.467. The Morgan fingerprint density at radius 3 is 1.71 bits per heavy atom. The van der Waals surface area contributed by atoms with Gasteiger partial charge >= 0.3 is 0 Å². The fraction of sp³-hybridized carbons (Fsp3) is 0.143. The van der Waals surface area contributed by atoms with Gasteiger partial charge in [0.15, 0.2) is 0 Å². The van der Waals surface area contributed by atoms with Gasteiger partial charge in [-0.25, -0.2) is 8.78 Å². The minimum Gasteiger partial charge on any atom is -0.507 e. The average Bonchev–Trinajstić information content (AvgIpc) is 2.56. The maximum Gasteiger partial charge on any atom is 0.126 e. The molecule has 0 amide bonds. The molecule has 24 heavy (non-hydrogen) atoms. The summed E-state index contributed by atoms with van der Waals surface area (Å²) in [6.07, 6.45) is 0. The van der Waals surface area contributed by atoms with Crippen LogP contribution in [0.2, 0.25) is 0 Å². The largest absolute Gasteiger partial charge is 0.507 e. The molecule has 1 N–H and O–H groups in total. The Kier molecular flexibility index (Phi) is 4.34. The quantitative estimate of drug-likeness (QED) is 0.614. The molecule has 0 heterocycles. The molecule has 3 aromatic rings. The molecular weight excluding hydrogens is 306 g/mol. The van der Waals surface area contributed by atoms with Crippen molar-refractivity contribution in [1.82, 2.24) is 0 Å². The number of hydrogen-bond acceptors (Lipinski definition) is 1. The Labute approximate surface area is 140 Å². The van der Waals surface area contributed by atoms with Crippen LogP contribution in [-0.2, 0) is 0 Å². The lowest BCUT2D eigenvalue weighted by atomic mass is 9.91. The maximum absolute atomic E-state index is 13.2. The summed E-state index contributed by atoms with van der Waals surface area (Å²) in [4.78, 5) is 0. The second-order valence-electron chi connectivity index (χ2n) is 6.13. The minimum absolute atomic E-state index is 0.115. The first-order valence-electron chi connectivity index (χ1n) is 7.84. The van der Waals surface area contributed by atoms with Crippen LogP contribution in [0.4, 0.5) is 8.78 Å². The number of benzene rings is 3. The summed E-state index contributed by atoms with van der Waals surface area (Å²) >= 11 is 0. The maximum atomic E-state index is 13.2. The Balaban J connectivity index is 2.20. The van der Waals surface area contributed by atoms with Crippen LogP contribution in [0.1, 0.15) is 25.3 Å². The van der Waals surface area contributed by atoms with Gasteiger partial charge in [0, 0.05) is 5.56 Å². The fourth-order valence-electron chi connectivity index (χ4n) is 2.76. The van der Waals surface area contributed by atoms with E-state index >= 15 is 0 Å². The third-order valence-electron chi connectivity index (χ3n) is 4.09. The highest BCUT2D eigenvalue weighted by Crippen LogP contribution is 2.39.